The van der Waals surface area contributed by atoms with Crippen molar-refractivity contribution in [3.05, 3.63) is 40.3 Å². The Morgan fingerprint density at radius 1 is 1.00 bits per heavy atom. The molecule has 1 aliphatic rings. The van der Waals surface area contributed by atoms with Gasteiger partial charge in [-0.2, -0.15) is 0 Å². The SMILES string of the molecule is CCOC(=O)c1c(-c2ccc(C)cc2C)csc1NC(=O)CN1CCN(C(=O)OCC)CC1. The average molecular weight is 474 g/mol. The van der Waals surface area contributed by atoms with Gasteiger partial charge in [0.15, 0.2) is 0 Å². The lowest BCUT2D eigenvalue weighted by Crippen LogP contribution is -2.50. The lowest BCUT2D eigenvalue weighted by Gasteiger charge is -2.33. The standard InChI is InChI=1S/C24H31N3O5S/c1-5-31-23(29)21-19(18-8-7-16(3)13-17(18)4)15-33-22(21)25-20(28)14-26-9-11-27(12-10-26)24(30)32-6-2/h7-8,13,15H,5-6,9-12,14H2,1-4H3,(H,25,28). The van der Waals surface area contributed by atoms with Gasteiger partial charge in [0.1, 0.15) is 10.6 Å². The molecule has 1 fully saturated rings. The Bertz CT molecular complexity index is 1010. The number of piperazine rings is 1. The summed E-state index contributed by atoms with van der Waals surface area (Å²) in [4.78, 5) is 41.1. The lowest BCUT2D eigenvalue weighted by molar-refractivity contribution is -0.117. The molecular formula is C24H31N3O5S. The number of nitrogens with zero attached hydrogens (tertiary/aromatic N) is 2. The summed E-state index contributed by atoms with van der Waals surface area (Å²) in [6, 6.07) is 6.06. The number of hydrogen-bond donors (Lipinski definition) is 1. The molecule has 1 aromatic carbocycles. The van der Waals surface area contributed by atoms with Crippen LogP contribution in [0.25, 0.3) is 11.1 Å². The molecule has 0 bridgehead atoms. The molecule has 33 heavy (non-hydrogen) atoms. The summed E-state index contributed by atoms with van der Waals surface area (Å²) in [5.41, 5.74) is 4.27. The van der Waals surface area contributed by atoms with E-state index >= 15 is 0 Å². The van der Waals surface area contributed by atoms with E-state index in [0.29, 0.717) is 43.4 Å². The third-order valence-electron chi connectivity index (χ3n) is 5.46. The lowest BCUT2D eigenvalue weighted by atomic mass is 9.97. The summed E-state index contributed by atoms with van der Waals surface area (Å²) in [6.07, 6.45) is -0.321. The van der Waals surface area contributed by atoms with Crippen LogP contribution in [0.15, 0.2) is 23.6 Å². The first kappa shape index (κ1) is 24.7. The molecule has 178 valence electrons. The second kappa shape index (κ2) is 11.3. The maximum Gasteiger partial charge on any atom is 0.409 e. The highest BCUT2D eigenvalue weighted by Crippen LogP contribution is 2.37. The molecule has 0 atom stereocenters. The number of hydrogen-bond acceptors (Lipinski definition) is 7. The minimum atomic E-state index is -0.452. The number of carbonyl (C=O) groups is 3. The molecule has 2 aromatic rings. The number of anilines is 1. The van der Waals surface area contributed by atoms with Crippen molar-refractivity contribution in [2.75, 3.05) is 51.3 Å². The monoisotopic (exact) mass is 473 g/mol. The second-order valence-corrected chi connectivity index (χ2v) is 8.78. The zero-order valence-corrected chi connectivity index (χ0v) is 20.4. The quantitative estimate of drug-likeness (QED) is 0.613. The van der Waals surface area contributed by atoms with Crippen LogP contribution in [0.3, 0.4) is 0 Å². The van der Waals surface area contributed by atoms with Crippen LogP contribution in [0.2, 0.25) is 0 Å². The fraction of sp³-hybridized carbons (Fsp3) is 0.458. The number of rotatable bonds is 7. The first-order chi connectivity index (χ1) is 15.8. The number of aryl methyl sites for hydroxylation is 2. The highest BCUT2D eigenvalue weighted by Gasteiger charge is 2.26. The molecule has 1 aromatic heterocycles. The van der Waals surface area contributed by atoms with Gasteiger partial charge in [-0.1, -0.05) is 23.8 Å². The van der Waals surface area contributed by atoms with Gasteiger partial charge in [0.25, 0.3) is 0 Å². The van der Waals surface area contributed by atoms with Gasteiger partial charge >= 0.3 is 12.1 Å². The Hall–Kier alpha value is -2.91. The fourth-order valence-corrected chi connectivity index (χ4v) is 4.81. The van der Waals surface area contributed by atoms with Crippen LogP contribution in [0, 0.1) is 13.8 Å². The summed E-state index contributed by atoms with van der Waals surface area (Å²) < 4.78 is 10.3. The summed E-state index contributed by atoms with van der Waals surface area (Å²) in [5.74, 6) is -0.661. The molecule has 1 aliphatic heterocycles. The van der Waals surface area contributed by atoms with Crippen molar-refractivity contribution in [1.29, 1.82) is 0 Å². The van der Waals surface area contributed by atoms with E-state index in [1.165, 1.54) is 11.3 Å². The van der Waals surface area contributed by atoms with Crippen molar-refractivity contribution in [3.63, 3.8) is 0 Å². The maximum absolute atomic E-state index is 12.8. The molecule has 8 nitrogen and oxygen atoms in total. The third-order valence-corrected chi connectivity index (χ3v) is 6.36. The van der Waals surface area contributed by atoms with Crippen molar-refractivity contribution in [1.82, 2.24) is 9.80 Å². The molecule has 0 spiro atoms. The van der Waals surface area contributed by atoms with Crippen molar-refractivity contribution in [3.8, 4) is 11.1 Å². The van der Waals surface area contributed by atoms with Gasteiger partial charge in [0.2, 0.25) is 5.91 Å². The van der Waals surface area contributed by atoms with Gasteiger partial charge in [-0.15, -0.1) is 11.3 Å². The van der Waals surface area contributed by atoms with Gasteiger partial charge in [-0.3, -0.25) is 9.69 Å². The predicted molar refractivity (Wildman–Crippen MR) is 129 cm³/mol. The Morgan fingerprint density at radius 2 is 1.70 bits per heavy atom. The molecular weight excluding hydrogens is 442 g/mol. The molecule has 2 heterocycles. The van der Waals surface area contributed by atoms with Crippen LogP contribution in [0.4, 0.5) is 9.80 Å². The van der Waals surface area contributed by atoms with Crippen LogP contribution < -0.4 is 5.32 Å². The topological polar surface area (TPSA) is 88.2 Å². The molecule has 0 radical (unpaired) electrons. The average Bonchev–Trinajstić information content (AvgIpc) is 3.17. The fourth-order valence-electron chi connectivity index (χ4n) is 3.84. The molecule has 1 N–H and O–H groups in total. The van der Waals surface area contributed by atoms with Crippen molar-refractivity contribution < 1.29 is 23.9 Å². The minimum Gasteiger partial charge on any atom is -0.462 e. The summed E-state index contributed by atoms with van der Waals surface area (Å²) in [6.45, 7) is 10.5. The minimum absolute atomic E-state index is 0.176. The van der Waals surface area contributed by atoms with Crippen LogP contribution in [-0.2, 0) is 14.3 Å². The summed E-state index contributed by atoms with van der Waals surface area (Å²) in [5, 5.41) is 5.28. The van der Waals surface area contributed by atoms with E-state index in [0.717, 1.165) is 22.3 Å². The van der Waals surface area contributed by atoms with E-state index in [1.54, 1.807) is 18.7 Å². The molecule has 2 amide bonds. The Balaban J connectivity index is 1.71. The van der Waals surface area contributed by atoms with Gasteiger partial charge in [-0.05, 0) is 38.8 Å². The zero-order valence-electron chi connectivity index (χ0n) is 19.6. The number of amides is 2. The molecule has 1 saturated heterocycles. The largest absolute Gasteiger partial charge is 0.462 e. The van der Waals surface area contributed by atoms with E-state index in [1.807, 2.05) is 36.3 Å². The van der Waals surface area contributed by atoms with Crippen LogP contribution in [0.5, 0.6) is 0 Å². The Morgan fingerprint density at radius 3 is 2.33 bits per heavy atom. The van der Waals surface area contributed by atoms with Crippen molar-refractivity contribution in [2.45, 2.75) is 27.7 Å². The maximum atomic E-state index is 12.8. The van der Waals surface area contributed by atoms with Gasteiger partial charge in [0, 0.05) is 37.1 Å². The third kappa shape index (κ3) is 6.11. The normalized spacial score (nSPS) is 14.1. The number of benzene rings is 1. The highest BCUT2D eigenvalue weighted by molar-refractivity contribution is 7.15. The first-order valence-corrected chi connectivity index (χ1v) is 12.0. The zero-order chi connectivity index (χ0) is 24.0. The van der Waals surface area contributed by atoms with Crippen molar-refractivity contribution >= 4 is 34.3 Å². The second-order valence-electron chi connectivity index (χ2n) is 7.90. The van der Waals surface area contributed by atoms with E-state index in [9.17, 15) is 14.4 Å². The van der Waals surface area contributed by atoms with Gasteiger partial charge < -0.3 is 19.7 Å². The van der Waals surface area contributed by atoms with Crippen LogP contribution in [0.1, 0.15) is 35.3 Å². The predicted octanol–water partition coefficient (Wildman–Crippen LogP) is 3.92. The van der Waals surface area contributed by atoms with Crippen molar-refractivity contribution in [2.24, 2.45) is 0 Å². The Labute approximate surface area is 198 Å². The molecule has 0 saturated carbocycles. The summed E-state index contributed by atoms with van der Waals surface area (Å²) >= 11 is 1.32. The van der Waals surface area contributed by atoms with E-state index in [2.05, 4.69) is 11.4 Å². The molecule has 3 rings (SSSR count). The molecule has 0 aliphatic carbocycles. The van der Waals surface area contributed by atoms with Crippen LogP contribution in [-0.4, -0.2) is 73.7 Å². The van der Waals surface area contributed by atoms with Crippen LogP contribution >= 0.6 is 11.3 Å². The number of thiophene rings is 1. The Kier molecular flexibility index (Phi) is 8.46. The number of ether oxygens (including phenoxy) is 2. The number of esters is 1. The first-order valence-electron chi connectivity index (χ1n) is 11.1. The van der Waals surface area contributed by atoms with Gasteiger partial charge in [0.05, 0.1) is 19.8 Å². The summed E-state index contributed by atoms with van der Waals surface area (Å²) in [7, 11) is 0. The number of nitrogens with one attached hydrogen (secondary N) is 1. The smallest absolute Gasteiger partial charge is 0.409 e. The molecule has 0 unspecified atom stereocenters. The van der Waals surface area contributed by atoms with E-state index < -0.39 is 5.97 Å². The number of carbonyl (C=O) groups excluding carboxylic acids is 3. The molecule has 9 heteroatoms. The van der Waals surface area contributed by atoms with E-state index in [4.69, 9.17) is 9.47 Å². The van der Waals surface area contributed by atoms with Gasteiger partial charge in [-0.25, -0.2) is 9.59 Å². The highest BCUT2D eigenvalue weighted by atomic mass is 32.1. The van der Waals surface area contributed by atoms with E-state index in [-0.39, 0.29) is 25.2 Å².